The van der Waals surface area contributed by atoms with E-state index in [1.54, 1.807) is 4.57 Å². The highest BCUT2D eigenvalue weighted by Crippen LogP contribution is 2.26. The van der Waals surface area contributed by atoms with E-state index in [1.807, 2.05) is 84.9 Å². The number of benzene rings is 3. The SMILES string of the molecule is O=C(NC1CCCCC1)C(c1ccccc1)n1c(=O)c(-c2ccccc2)nc2ccccc21. The molecule has 1 heterocycles. The van der Waals surface area contributed by atoms with E-state index in [-0.39, 0.29) is 17.5 Å². The molecule has 0 spiro atoms. The Morgan fingerprint density at radius 1 is 0.848 bits per heavy atom. The van der Waals surface area contributed by atoms with Crippen molar-refractivity contribution in [3.05, 3.63) is 101 Å². The lowest BCUT2D eigenvalue weighted by Crippen LogP contribution is -2.43. The van der Waals surface area contributed by atoms with E-state index in [9.17, 15) is 9.59 Å². The van der Waals surface area contributed by atoms with Gasteiger partial charge < -0.3 is 5.32 Å². The highest BCUT2D eigenvalue weighted by molar-refractivity contribution is 5.87. The molecule has 5 heteroatoms. The zero-order valence-corrected chi connectivity index (χ0v) is 18.5. The molecule has 1 aliphatic carbocycles. The van der Waals surface area contributed by atoms with E-state index in [1.165, 1.54) is 6.42 Å². The van der Waals surface area contributed by atoms with Crippen LogP contribution in [0.15, 0.2) is 89.7 Å². The average Bonchev–Trinajstić information content (AvgIpc) is 2.87. The quantitative estimate of drug-likeness (QED) is 0.472. The summed E-state index contributed by atoms with van der Waals surface area (Å²) in [4.78, 5) is 32.4. The molecule has 0 saturated heterocycles. The van der Waals surface area contributed by atoms with Crippen molar-refractivity contribution in [3.63, 3.8) is 0 Å². The second kappa shape index (κ2) is 9.41. The minimum atomic E-state index is -0.781. The van der Waals surface area contributed by atoms with Gasteiger partial charge in [-0.1, -0.05) is 92.1 Å². The highest BCUT2D eigenvalue weighted by Gasteiger charge is 2.29. The van der Waals surface area contributed by atoms with Crippen LogP contribution in [0, 0.1) is 0 Å². The fourth-order valence-corrected chi connectivity index (χ4v) is 4.77. The maximum Gasteiger partial charge on any atom is 0.278 e. The largest absolute Gasteiger partial charge is 0.351 e. The number of hydrogen-bond acceptors (Lipinski definition) is 3. The first kappa shape index (κ1) is 21.1. The van der Waals surface area contributed by atoms with Crippen molar-refractivity contribution in [1.29, 1.82) is 0 Å². The fourth-order valence-electron chi connectivity index (χ4n) is 4.77. The van der Waals surface area contributed by atoms with E-state index < -0.39 is 6.04 Å². The summed E-state index contributed by atoms with van der Waals surface area (Å²) in [6.45, 7) is 0. The third-order valence-corrected chi connectivity index (χ3v) is 6.42. The summed E-state index contributed by atoms with van der Waals surface area (Å²) < 4.78 is 1.62. The molecule has 33 heavy (non-hydrogen) atoms. The van der Waals surface area contributed by atoms with Crippen LogP contribution < -0.4 is 10.9 Å². The molecule has 3 aromatic carbocycles. The van der Waals surface area contributed by atoms with Crippen molar-refractivity contribution in [2.24, 2.45) is 0 Å². The fraction of sp³-hybridized carbons (Fsp3) is 0.250. The molecule has 1 amide bonds. The number of nitrogens with one attached hydrogen (secondary N) is 1. The van der Waals surface area contributed by atoms with Crippen LogP contribution in [0.3, 0.4) is 0 Å². The van der Waals surface area contributed by atoms with Crippen molar-refractivity contribution >= 4 is 16.9 Å². The van der Waals surface area contributed by atoms with Gasteiger partial charge in [0.05, 0.1) is 11.0 Å². The Kier molecular flexibility index (Phi) is 6.03. The molecule has 1 aliphatic rings. The van der Waals surface area contributed by atoms with Gasteiger partial charge in [-0.25, -0.2) is 4.98 Å². The Hall–Kier alpha value is -3.73. The normalized spacial score (nSPS) is 15.3. The molecule has 1 saturated carbocycles. The molecule has 1 fully saturated rings. The molecule has 1 unspecified atom stereocenters. The number of aromatic nitrogens is 2. The highest BCUT2D eigenvalue weighted by atomic mass is 16.2. The van der Waals surface area contributed by atoms with Crippen molar-refractivity contribution in [2.75, 3.05) is 0 Å². The summed E-state index contributed by atoms with van der Waals surface area (Å²) in [7, 11) is 0. The van der Waals surface area contributed by atoms with Gasteiger partial charge in [-0.3, -0.25) is 14.2 Å². The van der Waals surface area contributed by atoms with E-state index >= 15 is 0 Å². The minimum Gasteiger partial charge on any atom is -0.351 e. The minimum absolute atomic E-state index is 0.148. The van der Waals surface area contributed by atoms with Crippen LogP contribution in [-0.2, 0) is 4.79 Å². The van der Waals surface area contributed by atoms with Crippen molar-refractivity contribution < 1.29 is 4.79 Å². The van der Waals surface area contributed by atoms with E-state index in [0.29, 0.717) is 16.7 Å². The second-order valence-electron chi connectivity index (χ2n) is 8.65. The number of hydrogen-bond donors (Lipinski definition) is 1. The van der Waals surface area contributed by atoms with Crippen molar-refractivity contribution in [1.82, 2.24) is 14.9 Å². The molecular formula is C28H27N3O2. The zero-order chi connectivity index (χ0) is 22.6. The van der Waals surface area contributed by atoms with Gasteiger partial charge in [0.1, 0.15) is 11.7 Å². The molecule has 0 aliphatic heterocycles. The van der Waals surface area contributed by atoms with Crippen LogP contribution in [0.1, 0.15) is 43.7 Å². The Labute approximate surface area is 193 Å². The molecule has 1 atom stereocenters. The number of para-hydroxylation sites is 2. The number of rotatable bonds is 5. The first-order valence-electron chi connectivity index (χ1n) is 11.6. The number of amides is 1. The third-order valence-electron chi connectivity index (χ3n) is 6.42. The van der Waals surface area contributed by atoms with Gasteiger partial charge in [-0.05, 0) is 30.5 Å². The van der Waals surface area contributed by atoms with E-state index in [2.05, 4.69) is 5.32 Å². The maximum absolute atomic E-state index is 13.9. The molecule has 1 aromatic heterocycles. The first-order chi connectivity index (χ1) is 16.2. The molecule has 0 radical (unpaired) electrons. The summed E-state index contributed by atoms with van der Waals surface area (Å²) >= 11 is 0. The summed E-state index contributed by atoms with van der Waals surface area (Å²) in [5.41, 5.74) is 2.93. The molecule has 0 bridgehead atoms. The molecule has 1 N–H and O–H groups in total. The van der Waals surface area contributed by atoms with Gasteiger partial charge in [0.15, 0.2) is 0 Å². The summed E-state index contributed by atoms with van der Waals surface area (Å²) in [6.07, 6.45) is 5.42. The van der Waals surface area contributed by atoms with Crippen LogP contribution >= 0.6 is 0 Å². The smallest absolute Gasteiger partial charge is 0.278 e. The Balaban J connectivity index is 1.71. The van der Waals surface area contributed by atoms with E-state index in [0.717, 1.165) is 36.8 Å². The molecular weight excluding hydrogens is 410 g/mol. The average molecular weight is 438 g/mol. The topological polar surface area (TPSA) is 64.0 Å². The van der Waals surface area contributed by atoms with Crippen molar-refractivity contribution in [2.45, 2.75) is 44.2 Å². The molecule has 166 valence electrons. The summed E-state index contributed by atoms with van der Waals surface area (Å²) in [5.74, 6) is -0.148. The summed E-state index contributed by atoms with van der Waals surface area (Å²) in [5, 5.41) is 3.25. The lowest BCUT2D eigenvalue weighted by molar-refractivity contribution is -0.124. The predicted octanol–water partition coefficient (Wildman–Crippen LogP) is 5.10. The Bertz CT molecular complexity index is 1310. The van der Waals surface area contributed by atoms with Gasteiger partial charge in [0, 0.05) is 11.6 Å². The van der Waals surface area contributed by atoms with Crippen LogP contribution in [0.25, 0.3) is 22.3 Å². The Morgan fingerprint density at radius 3 is 2.21 bits per heavy atom. The number of carbonyl (C=O) groups excluding carboxylic acids is 1. The van der Waals surface area contributed by atoms with Gasteiger partial charge in [-0.15, -0.1) is 0 Å². The lowest BCUT2D eigenvalue weighted by Gasteiger charge is -2.27. The van der Waals surface area contributed by atoms with Crippen LogP contribution in [-0.4, -0.2) is 21.5 Å². The predicted molar refractivity (Wildman–Crippen MR) is 131 cm³/mol. The first-order valence-corrected chi connectivity index (χ1v) is 11.6. The van der Waals surface area contributed by atoms with Gasteiger partial charge in [-0.2, -0.15) is 0 Å². The second-order valence-corrected chi connectivity index (χ2v) is 8.65. The van der Waals surface area contributed by atoms with Crippen LogP contribution in [0.5, 0.6) is 0 Å². The monoisotopic (exact) mass is 437 g/mol. The number of carbonyl (C=O) groups is 1. The molecule has 5 nitrogen and oxygen atoms in total. The number of nitrogens with zero attached hydrogens (tertiary/aromatic N) is 2. The van der Waals surface area contributed by atoms with Crippen molar-refractivity contribution in [3.8, 4) is 11.3 Å². The van der Waals surface area contributed by atoms with Gasteiger partial charge >= 0.3 is 0 Å². The number of fused-ring (bicyclic) bond motifs is 1. The van der Waals surface area contributed by atoms with Gasteiger partial charge in [0.25, 0.3) is 5.56 Å². The zero-order valence-electron chi connectivity index (χ0n) is 18.5. The van der Waals surface area contributed by atoms with Crippen LogP contribution in [0.2, 0.25) is 0 Å². The van der Waals surface area contributed by atoms with Gasteiger partial charge in [0.2, 0.25) is 5.91 Å². The standard InChI is InChI=1S/C28H27N3O2/c32-27(29-22-16-8-3-9-17-22)26(21-14-6-2-7-15-21)31-24-19-11-10-18-23(24)30-25(28(31)33)20-12-4-1-5-13-20/h1-2,4-7,10-15,18-19,22,26H,3,8-9,16-17H2,(H,29,32). The van der Waals surface area contributed by atoms with Crippen LogP contribution in [0.4, 0.5) is 0 Å². The third kappa shape index (κ3) is 4.31. The van der Waals surface area contributed by atoms with E-state index in [4.69, 9.17) is 4.98 Å². The lowest BCUT2D eigenvalue weighted by atomic mass is 9.94. The summed E-state index contributed by atoms with van der Waals surface area (Å²) in [6, 6.07) is 25.9. The molecule has 5 rings (SSSR count). The Morgan fingerprint density at radius 2 is 1.48 bits per heavy atom. The maximum atomic E-state index is 13.9. The molecule has 4 aromatic rings.